The number of nitrogens with one attached hydrogen (secondary N) is 3. The van der Waals surface area contributed by atoms with Crippen LogP contribution < -0.4 is 27.4 Å². The van der Waals surface area contributed by atoms with Crippen molar-refractivity contribution in [2.24, 2.45) is 17.4 Å². The van der Waals surface area contributed by atoms with Gasteiger partial charge in [-0.15, -0.1) is 0 Å². The Morgan fingerprint density at radius 1 is 0.875 bits per heavy atom. The van der Waals surface area contributed by atoms with E-state index >= 15 is 0 Å². The summed E-state index contributed by atoms with van der Waals surface area (Å²) in [6, 6.07) is -4.43. The highest BCUT2D eigenvalue weighted by Gasteiger charge is 2.31. The molecule has 0 aromatic carbocycles. The van der Waals surface area contributed by atoms with E-state index in [4.69, 9.17) is 16.6 Å². The summed E-state index contributed by atoms with van der Waals surface area (Å²) in [5.41, 5.74) is 11.1. The highest BCUT2D eigenvalue weighted by molar-refractivity contribution is 7.80. The van der Waals surface area contributed by atoms with E-state index in [1.165, 1.54) is 0 Å². The van der Waals surface area contributed by atoms with Crippen molar-refractivity contribution in [1.29, 1.82) is 0 Å². The van der Waals surface area contributed by atoms with Crippen LogP contribution in [0.5, 0.6) is 0 Å². The van der Waals surface area contributed by atoms with Crippen molar-refractivity contribution < 1.29 is 34.2 Å². The summed E-state index contributed by atoms with van der Waals surface area (Å²) in [6.45, 7) is 3.70. The van der Waals surface area contributed by atoms with Gasteiger partial charge in [-0.3, -0.25) is 19.2 Å². The SMILES string of the molecule is CC(C)C(NC(=O)C(CCCCN)NC(=O)C(N)CS)C(=O)NC(CCC(=O)O)C(=O)O. The molecule has 0 heterocycles. The molecule has 0 aromatic rings. The monoisotopic (exact) mass is 477 g/mol. The molecular weight excluding hydrogens is 442 g/mol. The summed E-state index contributed by atoms with van der Waals surface area (Å²) < 4.78 is 0. The smallest absolute Gasteiger partial charge is 0.326 e. The Kier molecular flexibility index (Phi) is 14.3. The van der Waals surface area contributed by atoms with Gasteiger partial charge in [-0.25, -0.2) is 4.79 Å². The molecule has 0 aromatic heterocycles. The first kappa shape index (κ1) is 29.6. The lowest BCUT2D eigenvalue weighted by atomic mass is 10.0. The van der Waals surface area contributed by atoms with E-state index in [1.807, 2.05) is 0 Å². The number of aliphatic carboxylic acids is 2. The zero-order chi connectivity index (χ0) is 24.8. The van der Waals surface area contributed by atoms with Crippen LogP contribution in [0.15, 0.2) is 0 Å². The van der Waals surface area contributed by atoms with Gasteiger partial charge in [0.15, 0.2) is 0 Å². The maximum Gasteiger partial charge on any atom is 0.326 e. The van der Waals surface area contributed by atoms with E-state index in [0.29, 0.717) is 19.4 Å². The molecule has 13 heteroatoms. The molecule has 9 N–H and O–H groups in total. The average Bonchev–Trinajstić information content (AvgIpc) is 2.72. The van der Waals surface area contributed by atoms with Gasteiger partial charge in [0.25, 0.3) is 0 Å². The number of hydrogen-bond acceptors (Lipinski definition) is 8. The number of nitrogens with two attached hydrogens (primary N) is 2. The standard InChI is InChI=1S/C19H35N5O7S/c1-10(2)15(18(29)23-13(19(30)31)6-7-14(25)26)24-17(28)12(5-3-4-8-20)22-16(27)11(21)9-32/h10-13,15,32H,3-9,20-21H2,1-2H3,(H,22,27)(H,23,29)(H,24,28)(H,25,26)(H,30,31). The van der Waals surface area contributed by atoms with E-state index < -0.39 is 66.2 Å². The van der Waals surface area contributed by atoms with Crippen LogP contribution >= 0.6 is 12.6 Å². The van der Waals surface area contributed by atoms with E-state index in [9.17, 15) is 29.1 Å². The van der Waals surface area contributed by atoms with Crippen molar-refractivity contribution >= 4 is 42.3 Å². The average molecular weight is 478 g/mol. The summed E-state index contributed by atoms with van der Waals surface area (Å²) in [7, 11) is 0. The Morgan fingerprint density at radius 3 is 1.94 bits per heavy atom. The molecule has 0 aliphatic heterocycles. The zero-order valence-corrected chi connectivity index (χ0v) is 19.3. The minimum atomic E-state index is -1.43. The van der Waals surface area contributed by atoms with Gasteiger partial charge in [0.2, 0.25) is 17.7 Å². The van der Waals surface area contributed by atoms with Crippen molar-refractivity contribution in [2.45, 2.75) is 70.1 Å². The van der Waals surface area contributed by atoms with Crippen LogP contribution in [-0.4, -0.2) is 76.3 Å². The summed E-state index contributed by atoms with van der Waals surface area (Å²) in [5, 5.41) is 25.4. The van der Waals surface area contributed by atoms with Gasteiger partial charge in [0, 0.05) is 12.2 Å². The number of carbonyl (C=O) groups is 5. The molecule has 0 saturated heterocycles. The van der Waals surface area contributed by atoms with Gasteiger partial charge in [-0.05, 0) is 38.1 Å². The van der Waals surface area contributed by atoms with Crippen molar-refractivity contribution in [3.05, 3.63) is 0 Å². The zero-order valence-electron chi connectivity index (χ0n) is 18.4. The number of rotatable bonds is 16. The fraction of sp³-hybridized carbons (Fsp3) is 0.737. The van der Waals surface area contributed by atoms with Crippen LogP contribution in [0.25, 0.3) is 0 Å². The van der Waals surface area contributed by atoms with Crippen LogP contribution in [-0.2, 0) is 24.0 Å². The van der Waals surface area contributed by atoms with E-state index in [0.717, 1.165) is 0 Å². The van der Waals surface area contributed by atoms with Gasteiger partial charge < -0.3 is 37.6 Å². The molecule has 4 atom stereocenters. The third-order valence-corrected chi connectivity index (χ3v) is 5.02. The Labute approximate surface area is 192 Å². The molecule has 12 nitrogen and oxygen atoms in total. The number of carboxylic acid groups (broad SMARTS) is 2. The highest BCUT2D eigenvalue weighted by Crippen LogP contribution is 2.08. The Bertz CT molecular complexity index is 662. The molecule has 184 valence electrons. The normalized spacial score (nSPS) is 14.7. The molecule has 0 aliphatic rings. The molecule has 0 radical (unpaired) electrons. The van der Waals surface area contributed by atoms with Crippen molar-refractivity contribution in [3.63, 3.8) is 0 Å². The lowest BCUT2D eigenvalue weighted by molar-refractivity contribution is -0.143. The number of amides is 3. The number of carbonyl (C=O) groups excluding carboxylic acids is 3. The second kappa shape index (κ2) is 15.4. The first-order chi connectivity index (χ1) is 14.9. The predicted molar refractivity (Wildman–Crippen MR) is 120 cm³/mol. The van der Waals surface area contributed by atoms with Gasteiger partial charge in [0.1, 0.15) is 18.1 Å². The van der Waals surface area contributed by atoms with Crippen LogP contribution in [0.1, 0.15) is 46.0 Å². The summed E-state index contributed by atoms with van der Waals surface area (Å²) >= 11 is 3.96. The van der Waals surface area contributed by atoms with Crippen LogP contribution in [0.3, 0.4) is 0 Å². The number of carboxylic acids is 2. The van der Waals surface area contributed by atoms with Crippen molar-refractivity contribution in [2.75, 3.05) is 12.3 Å². The highest BCUT2D eigenvalue weighted by atomic mass is 32.1. The van der Waals surface area contributed by atoms with Gasteiger partial charge in [0.05, 0.1) is 6.04 Å². The minimum Gasteiger partial charge on any atom is -0.481 e. The topological polar surface area (TPSA) is 214 Å². The van der Waals surface area contributed by atoms with Crippen LogP contribution in [0, 0.1) is 5.92 Å². The molecule has 3 amide bonds. The molecule has 4 unspecified atom stereocenters. The maximum absolute atomic E-state index is 12.8. The summed E-state index contributed by atoms with van der Waals surface area (Å²) in [5.74, 6) is -4.91. The van der Waals surface area contributed by atoms with E-state index in [1.54, 1.807) is 13.8 Å². The van der Waals surface area contributed by atoms with Crippen LogP contribution in [0.4, 0.5) is 0 Å². The summed E-state index contributed by atoms with van der Waals surface area (Å²) in [4.78, 5) is 59.7. The number of unbranched alkanes of at least 4 members (excludes halogenated alkanes) is 1. The minimum absolute atomic E-state index is 0.0763. The molecule has 32 heavy (non-hydrogen) atoms. The fourth-order valence-electron chi connectivity index (χ4n) is 2.70. The quantitative estimate of drug-likeness (QED) is 0.0950. The molecular formula is C19H35N5O7S. The predicted octanol–water partition coefficient (Wildman–Crippen LogP) is -1.57. The third-order valence-electron chi connectivity index (χ3n) is 4.62. The second-order valence-electron chi connectivity index (χ2n) is 7.70. The van der Waals surface area contributed by atoms with Crippen molar-refractivity contribution in [3.8, 4) is 0 Å². The number of thiol groups is 1. The molecule has 0 fully saturated rings. The Morgan fingerprint density at radius 2 is 1.47 bits per heavy atom. The molecule has 0 saturated carbocycles. The second-order valence-corrected chi connectivity index (χ2v) is 8.06. The van der Waals surface area contributed by atoms with Gasteiger partial charge in [-0.2, -0.15) is 12.6 Å². The first-order valence-electron chi connectivity index (χ1n) is 10.4. The largest absolute Gasteiger partial charge is 0.481 e. The van der Waals surface area contributed by atoms with Crippen molar-refractivity contribution in [1.82, 2.24) is 16.0 Å². The lowest BCUT2D eigenvalue weighted by Crippen LogP contribution is -2.58. The third kappa shape index (κ3) is 11.3. The van der Waals surface area contributed by atoms with Gasteiger partial charge in [-0.1, -0.05) is 13.8 Å². The molecule has 0 aliphatic carbocycles. The lowest BCUT2D eigenvalue weighted by Gasteiger charge is -2.27. The number of hydrogen-bond donors (Lipinski definition) is 8. The molecule has 0 spiro atoms. The Hall–Kier alpha value is -2.38. The van der Waals surface area contributed by atoms with E-state index in [-0.39, 0.29) is 18.6 Å². The Balaban J connectivity index is 5.36. The van der Waals surface area contributed by atoms with E-state index in [2.05, 4.69) is 28.6 Å². The summed E-state index contributed by atoms with van der Waals surface area (Å²) in [6.07, 6.45) is 0.665. The first-order valence-corrected chi connectivity index (χ1v) is 11.0. The van der Waals surface area contributed by atoms with Gasteiger partial charge >= 0.3 is 11.9 Å². The molecule has 0 bridgehead atoms. The molecule has 0 rings (SSSR count). The maximum atomic E-state index is 12.8. The van der Waals surface area contributed by atoms with Crippen LogP contribution in [0.2, 0.25) is 0 Å². The fourth-order valence-corrected chi connectivity index (χ4v) is 2.86.